The third-order valence-electron chi connectivity index (χ3n) is 20.5. The van der Waals surface area contributed by atoms with Crippen LogP contribution in [0.2, 0.25) is 0 Å². The summed E-state index contributed by atoms with van der Waals surface area (Å²) in [7, 11) is -9.93. The molecule has 0 bridgehead atoms. The van der Waals surface area contributed by atoms with Crippen molar-refractivity contribution < 1.29 is 80.2 Å². The third-order valence-corrected chi connectivity index (χ3v) is 22.4. The van der Waals surface area contributed by atoms with Crippen LogP contribution in [-0.2, 0) is 65.4 Å². The summed E-state index contributed by atoms with van der Waals surface area (Å²) in [4.78, 5) is 73.2. The molecule has 0 fully saturated rings. The maximum absolute atomic E-state index is 13.1. The molecule has 0 rings (SSSR count). The molecule has 0 amide bonds. The lowest BCUT2D eigenvalue weighted by Gasteiger charge is -2.21. The van der Waals surface area contributed by atoms with Crippen LogP contribution in [0.1, 0.15) is 453 Å². The van der Waals surface area contributed by atoms with Crippen molar-refractivity contribution in [2.24, 2.45) is 17.8 Å². The van der Waals surface area contributed by atoms with Crippen molar-refractivity contribution >= 4 is 39.5 Å². The Morgan fingerprint density at radius 2 is 0.486 bits per heavy atom. The molecule has 3 unspecified atom stereocenters. The van der Waals surface area contributed by atoms with Crippen molar-refractivity contribution in [3.8, 4) is 0 Å². The average Bonchev–Trinajstić information content (AvgIpc) is 0.907. The molecule has 19 heteroatoms. The van der Waals surface area contributed by atoms with Gasteiger partial charge in [0, 0.05) is 25.7 Å². The van der Waals surface area contributed by atoms with Gasteiger partial charge in [0.25, 0.3) is 0 Å². The van der Waals surface area contributed by atoms with Crippen LogP contribution in [0.15, 0.2) is 0 Å². The molecule has 17 nitrogen and oxygen atoms in total. The number of carbonyl (C=O) groups is 4. The number of phosphoric ester groups is 2. The summed E-state index contributed by atoms with van der Waals surface area (Å²) >= 11 is 0. The Morgan fingerprint density at radius 1 is 0.276 bits per heavy atom. The summed E-state index contributed by atoms with van der Waals surface area (Å²) in [5.41, 5.74) is 0. The van der Waals surface area contributed by atoms with E-state index in [4.69, 9.17) is 37.0 Å². The van der Waals surface area contributed by atoms with E-state index in [1.807, 2.05) is 0 Å². The summed E-state index contributed by atoms with van der Waals surface area (Å²) < 4.78 is 68.9. The van der Waals surface area contributed by atoms with Gasteiger partial charge in [-0.15, -0.1) is 0 Å². The number of aliphatic hydroxyl groups is 1. The van der Waals surface area contributed by atoms with Crippen molar-refractivity contribution in [3.63, 3.8) is 0 Å². The second kappa shape index (κ2) is 76.1. The molecule has 0 aromatic heterocycles. The molecule has 0 heterocycles. The normalized spacial score (nSPS) is 14.1. The molecule has 3 N–H and O–H groups in total. The maximum Gasteiger partial charge on any atom is 0.472 e. The Morgan fingerprint density at radius 3 is 0.724 bits per heavy atom. The van der Waals surface area contributed by atoms with Gasteiger partial charge in [-0.2, -0.15) is 0 Å². The fourth-order valence-corrected chi connectivity index (χ4v) is 14.9. The van der Waals surface area contributed by atoms with Gasteiger partial charge in [0.1, 0.15) is 19.3 Å². The van der Waals surface area contributed by atoms with Crippen molar-refractivity contribution in [2.45, 2.75) is 471 Å². The van der Waals surface area contributed by atoms with Gasteiger partial charge in [0.15, 0.2) is 12.2 Å². The SMILES string of the molecule is CCCCCCCCCCCCCCCC(=O)O[C@H](COC(=O)CCCCCCCCCCCC(C)C)COP(=O)(O)OC[C@H](O)COP(=O)(O)OC[C@@H](COC(=O)CCCCCCCCCCCCCCCCCC(C)C)OC(=O)CCCCCCCCCCCCCCCCCCCCC(C)CC. The Labute approximate surface area is 645 Å². The van der Waals surface area contributed by atoms with E-state index in [0.29, 0.717) is 25.7 Å². The molecular weight excluding hydrogens is 1370 g/mol. The van der Waals surface area contributed by atoms with Gasteiger partial charge in [0.05, 0.1) is 26.4 Å². The number of aliphatic hydroxyl groups excluding tert-OH is 1. The van der Waals surface area contributed by atoms with E-state index in [1.54, 1.807) is 0 Å². The second-order valence-corrected chi connectivity index (χ2v) is 35.0. The predicted octanol–water partition coefficient (Wildman–Crippen LogP) is 26.1. The lowest BCUT2D eigenvalue weighted by Crippen LogP contribution is -2.30. The number of hydrogen-bond acceptors (Lipinski definition) is 15. The van der Waals surface area contributed by atoms with E-state index in [0.717, 1.165) is 108 Å². The third kappa shape index (κ3) is 78.5. The minimum absolute atomic E-state index is 0.107. The fourth-order valence-electron chi connectivity index (χ4n) is 13.3. The first-order chi connectivity index (χ1) is 50.8. The van der Waals surface area contributed by atoms with Crippen molar-refractivity contribution in [1.29, 1.82) is 0 Å². The summed E-state index contributed by atoms with van der Waals surface area (Å²) in [6, 6.07) is 0. The number of unbranched alkanes of at least 4 members (excludes halogenated alkanes) is 51. The Kier molecular flexibility index (Phi) is 74.7. The number of hydrogen-bond donors (Lipinski definition) is 3. The Hall–Kier alpha value is -1.94. The number of ether oxygens (including phenoxy) is 4. The van der Waals surface area contributed by atoms with Gasteiger partial charge < -0.3 is 33.8 Å². The lowest BCUT2D eigenvalue weighted by atomic mass is 9.99. The zero-order valence-corrected chi connectivity index (χ0v) is 71.0. The van der Waals surface area contributed by atoms with Crippen LogP contribution in [0, 0.1) is 17.8 Å². The first kappa shape index (κ1) is 103. The van der Waals surface area contributed by atoms with Crippen molar-refractivity contribution in [3.05, 3.63) is 0 Å². The van der Waals surface area contributed by atoms with Crippen LogP contribution in [0.5, 0.6) is 0 Å². The second-order valence-electron chi connectivity index (χ2n) is 32.1. The molecule has 0 aliphatic carbocycles. The summed E-state index contributed by atoms with van der Waals surface area (Å²) in [6.45, 7) is 12.1. The van der Waals surface area contributed by atoms with Crippen LogP contribution < -0.4 is 0 Å². The molecule has 0 aromatic carbocycles. The summed E-state index contributed by atoms with van der Waals surface area (Å²) in [6.07, 6.45) is 66.6. The fraction of sp³-hybridized carbons (Fsp3) is 0.953. The van der Waals surface area contributed by atoms with Crippen LogP contribution in [0.3, 0.4) is 0 Å². The number of esters is 4. The molecule has 0 saturated heterocycles. The van der Waals surface area contributed by atoms with Gasteiger partial charge >= 0.3 is 39.5 Å². The zero-order valence-electron chi connectivity index (χ0n) is 69.2. The van der Waals surface area contributed by atoms with E-state index in [1.165, 1.54) is 263 Å². The molecule has 0 saturated carbocycles. The number of carbonyl (C=O) groups excluding carboxylic acids is 4. The van der Waals surface area contributed by atoms with Crippen molar-refractivity contribution in [2.75, 3.05) is 39.6 Å². The number of phosphoric acid groups is 2. The Balaban J connectivity index is 5.24. The quantitative estimate of drug-likeness (QED) is 0.0222. The van der Waals surface area contributed by atoms with Crippen LogP contribution in [0.4, 0.5) is 0 Å². The van der Waals surface area contributed by atoms with E-state index in [-0.39, 0.29) is 25.7 Å². The van der Waals surface area contributed by atoms with E-state index in [9.17, 15) is 43.2 Å². The smallest absolute Gasteiger partial charge is 0.462 e. The van der Waals surface area contributed by atoms with Crippen LogP contribution in [-0.4, -0.2) is 96.7 Å². The molecule has 0 aliphatic rings. The molecule has 105 heavy (non-hydrogen) atoms. The molecule has 624 valence electrons. The lowest BCUT2D eigenvalue weighted by molar-refractivity contribution is -0.161. The van der Waals surface area contributed by atoms with E-state index < -0.39 is 97.5 Å². The monoisotopic (exact) mass is 1540 g/mol. The topological polar surface area (TPSA) is 237 Å². The summed E-state index contributed by atoms with van der Waals surface area (Å²) in [5.74, 6) is 0.318. The largest absolute Gasteiger partial charge is 0.472 e. The van der Waals surface area contributed by atoms with Crippen LogP contribution >= 0.6 is 15.6 Å². The molecular formula is C86H168O17P2. The van der Waals surface area contributed by atoms with Crippen LogP contribution in [0.25, 0.3) is 0 Å². The maximum atomic E-state index is 13.1. The number of rotatable bonds is 84. The summed E-state index contributed by atoms with van der Waals surface area (Å²) in [5, 5.41) is 10.7. The highest BCUT2D eigenvalue weighted by Gasteiger charge is 2.30. The highest BCUT2D eigenvalue weighted by molar-refractivity contribution is 7.47. The first-order valence-corrected chi connectivity index (χ1v) is 47.4. The van der Waals surface area contributed by atoms with Gasteiger partial charge in [-0.25, -0.2) is 9.13 Å². The van der Waals surface area contributed by atoms with Gasteiger partial charge in [0.2, 0.25) is 0 Å². The van der Waals surface area contributed by atoms with Gasteiger partial charge in [-0.1, -0.05) is 402 Å². The van der Waals surface area contributed by atoms with E-state index in [2.05, 4.69) is 48.5 Å². The molecule has 0 aromatic rings. The average molecular weight is 1540 g/mol. The highest BCUT2D eigenvalue weighted by atomic mass is 31.2. The zero-order chi connectivity index (χ0) is 77.2. The molecule has 6 atom stereocenters. The van der Waals surface area contributed by atoms with Crippen molar-refractivity contribution in [1.82, 2.24) is 0 Å². The predicted molar refractivity (Wildman–Crippen MR) is 432 cm³/mol. The Bertz CT molecular complexity index is 2030. The van der Waals surface area contributed by atoms with Gasteiger partial charge in [-0.3, -0.25) is 37.3 Å². The standard InChI is InChI=1S/C86H168O17P2/c1-8-10-11-12-13-14-15-25-33-40-48-55-62-69-85(90)103-82(74-97-84(89)68-61-54-47-42-35-37-44-51-58-65-78(5)6)76-101-105(94,95)99-72-80(87)71-98-104(92,93)100-75-81(73-96-83(88)67-60-53-46-39-32-28-24-20-21-26-30-36-43-50-57-64-77(3)4)102-86(91)70-63-56-49-41-34-29-23-19-17-16-18-22-27-31-38-45-52-59-66-79(7)9-2/h77-82,87H,8-76H2,1-7H3,(H,92,93)(H,94,95)/t79?,80-,81-,82-/m1/s1. The minimum Gasteiger partial charge on any atom is -0.462 e. The minimum atomic E-state index is -4.97. The first-order valence-electron chi connectivity index (χ1n) is 44.4. The molecule has 0 aliphatic heterocycles. The van der Waals surface area contributed by atoms with E-state index >= 15 is 0 Å². The molecule has 0 spiro atoms. The molecule has 0 radical (unpaired) electrons. The highest BCUT2D eigenvalue weighted by Crippen LogP contribution is 2.45. The van der Waals surface area contributed by atoms with Gasteiger partial charge in [-0.05, 0) is 43.4 Å².